The van der Waals surface area contributed by atoms with Crippen molar-refractivity contribution in [3.63, 3.8) is 0 Å². The zero-order valence-corrected chi connectivity index (χ0v) is 14.7. The van der Waals surface area contributed by atoms with Crippen molar-refractivity contribution in [3.8, 4) is 0 Å². The maximum Gasteiger partial charge on any atom is 0.338 e. The van der Waals surface area contributed by atoms with Crippen LogP contribution in [0, 0.1) is 0 Å². The lowest BCUT2D eigenvalue weighted by molar-refractivity contribution is -0.182. The zero-order chi connectivity index (χ0) is 18.9. The minimum absolute atomic E-state index is 0.307. The number of carbonyl (C=O) groups excluding carboxylic acids is 3. The predicted molar refractivity (Wildman–Crippen MR) is 86.0 cm³/mol. The summed E-state index contributed by atoms with van der Waals surface area (Å²) in [7, 11) is 1.39. The van der Waals surface area contributed by atoms with Gasteiger partial charge >= 0.3 is 17.9 Å². The van der Waals surface area contributed by atoms with Gasteiger partial charge in [-0.3, -0.25) is 9.59 Å². The standard InChI is InChI=1S/C18H20O8/c1-10(19)23-14-15(24-11(2)20)18(26-17(14)22-3)9-13(18)25-16(21)12-7-5-4-6-8-12/h4-8,13-15,17H,9H2,1-3H3/t13-,14?,15-,17?,18-/m1/s1. The first-order valence-electron chi connectivity index (χ1n) is 8.18. The largest absolute Gasteiger partial charge is 0.455 e. The van der Waals surface area contributed by atoms with Gasteiger partial charge in [0.15, 0.2) is 24.1 Å². The van der Waals surface area contributed by atoms with E-state index in [-0.39, 0.29) is 0 Å². The monoisotopic (exact) mass is 364 g/mol. The van der Waals surface area contributed by atoms with Crippen molar-refractivity contribution in [1.82, 2.24) is 0 Å². The fourth-order valence-electron chi connectivity index (χ4n) is 3.18. The molecule has 0 amide bonds. The summed E-state index contributed by atoms with van der Waals surface area (Å²) in [5.74, 6) is -1.64. The molecule has 5 atom stereocenters. The molecule has 0 N–H and O–H groups in total. The maximum atomic E-state index is 12.3. The first-order valence-corrected chi connectivity index (χ1v) is 8.18. The molecule has 1 aliphatic heterocycles. The molecule has 8 heteroatoms. The van der Waals surface area contributed by atoms with E-state index in [2.05, 4.69) is 0 Å². The van der Waals surface area contributed by atoms with Gasteiger partial charge in [-0.2, -0.15) is 0 Å². The first-order chi connectivity index (χ1) is 12.4. The van der Waals surface area contributed by atoms with Crippen LogP contribution < -0.4 is 0 Å². The number of benzene rings is 1. The van der Waals surface area contributed by atoms with Gasteiger partial charge in [-0.15, -0.1) is 0 Å². The lowest BCUT2D eigenvalue weighted by Gasteiger charge is -2.23. The molecule has 0 aromatic heterocycles. The highest BCUT2D eigenvalue weighted by Gasteiger charge is 2.74. The lowest BCUT2D eigenvalue weighted by atomic mass is 10.1. The third-order valence-electron chi connectivity index (χ3n) is 4.36. The van der Waals surface area contributed by atoms with Crippen LogP contribution in [-0.4, -0.2) is 55.2 Å². The Bertz CT molecular complexity index is 702. The summed E-state index contributed by atoms with van der Waals surface area (Å²) in [5.41, 5.74) is -0.687. The number of ether oxygens (including phenoxy) is 5. The van der Waals surface area contributed by atoms with Crippen LogP contribution in [0.25, 0.3) is 0 Å². The topological polar surface area (TPSA) is 97.4 Å². The fraction of sp³-hybridized carbons (Fsp3) is 0.500. The molecule has 2 unspecified atom stereocenters. The van der Waals surface area contributed by atoms with Crippen LogP contribution in [0.4, 0.5) is 0 Å². The highest BCUT2D eigenvalue weighted by Crippen LogP contribution is 2.54. The Morgan fingerprint density at radius 1 is 1.04 bits per heavy atom. The normalized spacial score (nSPS) is 32.1. The second kappa shape index (κ2) is 7.05. The molecular formula is C18H20O8. The van der Waals surface area contributed by atoms with Gasteiger partial charge in [0.25, 0.3) is 0 Å². The van der Waals surface area contributed by atoms with Crippen LogP contribution in [0.1, 0.15) is 30.6 Å². The summed E-state index contributed by atoms with van der Waals surface area (Å²) in [6.07, 6.45) is -3.13. The molecule has 8 nitrogen and oxygen atoms in total. The quantitative estimate of drug-likeness (QED) is 0.568. The van der Waals surface area contributed by atoms with Gasteiger partial charge in [0.05, 0.1) is 5.56 Å². The summed E-state index contributed by atoms with van der Waals surface area (Å²) in [6.45, 7) is 2.48. The maximum absolute atomic E-state index is 12.3. The van der Waals surface area contributed by atoms with Crippen molar-refractivity contribution in [2.75, 3.05) is 7.11 Å². The molecule has 1 heterocycles. The molecule has 0 radical (unpaired) electrons. The SMILES string of the molecule is COC1O[C@@]2(C[C@H]2OC(=O)c2ccccc2)[C@H](OC(C)=O)C1OC(C)=O. The average Bonchev–Trinajstić information content (AvgIpc) is 3.21. The van der Waals surface area contributed by atoms with Crippen LogP contribution in [-0.2, 0) is 33.3 Å². The van der Waals surface area contributed by atoms with Gasteiger partial charge in [0, 0.05) is 27.4 Å². The van der Waals surface area contributed by atoms with Crippen molar-refractivity contribution < 1.29 is 38.1 Å². The number of esters is 3. The minimum Gasteiger partial charge on any atom is -0.455 e. The lowest BCUT2D eigenvalue weighted by Crippen LogP contribution is -2.42. The molecule has 3 rings (SSSR count). The molecule has 1 saturated carbocycles. The third-order valence-corrected chi connectivity index (χ3v) is 4.36. The number of carbonyl (C=O) groups is 3. The Morgan fingerprint density at radius 2 is 1.69 bits per heavy atom. The first kappa shape index (κ1) is 18.3. The molecule has 0 bridgehead atoms. The Morgan fingerprint density at radius 3 is 2.27 bits per heavy atom. The average molecular weight is 364 g/mol. The third kappa shape index (κ3) is 3.42. The molecule has 1 aromatic carbocycles. The second-order valence-electron chi connectivity index (χ2n) is 6.25. The van der Waals surface area contributed by atoms with E-state index in [0.29, 0.717) is 12.0 Å². The van der Waals surface area contributed by atoms with E-state index in [9.17, 15) is 14.4 Å². The summed E-state index contributed by atoms with van der Waals surface area (Å²) >= 11 is 0. The van der Waals surface area contributed by atoms with Gasteiger partial charge in [-0.1, -0.05) is 18.2 Å². The van der Waals surface area contributed by atoms with Crippen LogP contribution in [0.3, 0.4) is 0 Å². The van der Waals surface area contributed by atoms with E-state index in [4.69, 9.17) is 23.7 Å². The van der Waals surface area contributed by atoms with E-state index >= 15 is 0 Å². The Kier molecular flexibility index (Phi) is 4.97. The molecule has 2 aliphatic rings. The van der Waals surface area contributed by atoms with Crippen molar-refractivity contribution in [2.24, 2.45) is 0 Å². The van der Waals surface area contributed by atoms with E-state index in [1.165, 1.54) is 21.0 Å². The molecule has 1 aliphatic carbocycles. The van der Waals surface area contributed by atoms with Gasteiger partial charge in [-0.25, -0.2) is 4.79 Å². The van der Waals surface area contributed by atoms with E-state index in [0.717, 1.165) is 0 Å². The Balaban J connectivity index is 1.78. The fourth-order valence-corrected chi connectivity index (χ4v) is 3.18. The Labute approximate surface area is 150 Å². The van der Waals surface area contributed by atoms with Crippen LogP contribution in [0.15, 0.2) is 30.3 Å². The van der Waals surface area contributed by atoms with E-state index in [1.54, 1.807) is 30.3 Å². The zero-order valence-electron chi connectivity index (χ0n) is 14.7. The molecule has 1 aromatic rings. The number of methoxy groups -OCH3 is 1. The smallest absolute Gasteiger partial charge is 0.338 e. The number of rotatable bonds is 5. The van der Waals surface area contributed by atoms with Crippen molar-refractivity contribution >= 4 is 17.9 Å². The van der Waals surface area contributed by atoms with Gasteiger partial charge in [0.1, 0.15) is 6.10 Å². The second-order valence-corrected chi connectivity index (χ2v) is 6.25. The van der Waals surface area contributed by atoms with Crippen LogP contribution in [0.2, 0.25) is 0 Å². The number of hydrogen-bond acceptors (Lipinski definition) is 8. The summed E-state index contributed by atoms with van der Waals surface area (Å²) in [6, 6.07) is 8.51. The summed E-state index contributed by atoms with van der Waals surface area (Å²) in [4.78, 5) is 35.2. The molecule has 140 valence electrons. The van der Waals surface area contributed by atoms with Crippen LogP contribution >= 0.6 is 0 Å². The highest BCUT2D eigenvalue weighted by atomic mass is 16.8. The predicted octanol–water partition coefficient (Wildman–Crippen LogP) is 1.22. The molecule has 1 saturated heterocycles. The van der Waals surface area contributed by atoms with Gasteiger partial charge < -0.3 is 23.7 Å². The highest BCUT2D eigenvalue weighted by molar-refractivity contribution is 5.89. The van der Waals surface area contributed by atoms with Gasteiger partial charge in [0.2, 0.25) is 0 Å². The van der Waals surface area contributed by atoms with Gasteiger partial charge in [-0.05, 0) is 12.1 Å². The number of hydrogen-bond donors (Lipinski definition) is 0. The summed E-state index contributed by atoms with van der Waals surface area (Å²) in [5, 5.41) is 0. The van der Waals surface area contributed by atoms with Crippen LogP contribution in [0.5, 0.6) is 0 Å². The van der Waals surface area contributed by atoms with E-state index in [1.807, 2.05) is 0 Å². The Hall–Kier alpha value is -2.45. The molecule has 26 heavy (non-hydrogen) atoms. The molecule has 2 fully saturated rings. The van der Waals surface area contributed by atoms with E-state index < -0.39 is 48.1 Å². The summed E-state index contributed by atoms with van der Waals surface area (Å²) < 4.78 is 27.1. The van der Waals surface area contributed by atoms with Crippen molar-refractivity contribution in [1.29, 1.82) is 0 Å². The minimum atomic E-state index is -1.09. The van der Waals surface area contributed by atoms with Crippen molar-refractivity contribution in [3.05, 3.63) is 35.9 Å². The molecule has 1 spiro atoms. The molecular weight excluding hydrogens is 344 g/mol. The van der Waals surface area contributed by atoms with Crippen molar-refractivity contribution in [2.45, 2.75) is 50.5 Å².